The Morgan fingerprint density at radius 2 is 1.91 bits per heavy atom. The number of hydrogen-bond donors (Lipinski definition) is 2. The molecule has 0 saturated heterocycles. The van der Waals surface area contributed by atoms with Gasteiger partial charge in [0.15, 0.2) is 16.1 Å². The summed E-state index contributed by atoms with van der Waals surface area (Å²) in [5, 5.41) is 1.66. The SMILES string of the molecule is Nc1ccc(-c2ncc3c(n2)CCN(Cc2ccc(Sc4nc5ccccc5[nH]4)o2)C3)cc1. The van der Waals surface area contributed by atoms with Crippen LogP contribution >= 0.6 is 11.8 Å². The molecule has 164 valence electrons. The fourth-order valence-electron chi connectivity index (χ4n) is 4.07. The molecule has 0 amide bonds. The highest BCUT2D eigenvalue weighted by Crippen LogP contribution is 2.30. The molecular weight excluding hydrogens is 432 g/mol. The summed E-state index contributed by atoms with van der Waals surface area (Å²) in [5.41, 5.74) is 11.8. The number of nitrogen functional groups attached to an aromatic ring is 1. The molecule has 5 aromatic rings. The van der Waals surface area contributed by atoms with E-state index >= 15 is 0 Å². The van der Waals surface area contributed by atoms with Gasteiger partial charge >= 0.3 is 0 Å². The molecule has 1 aliphatic heterocycles. The molecule has 0 saturated carbocycles. The lowest BCUT2D eigenvalue weighted by atomic mass is 10.1. The van der Waals surface area contributed by atoms with E-state index < -0.39 is 0 Å². The summed E-state index contributed by atoms with van der Waals surface area (Å²) < 4.78 is 6.08. The topological polar surface area (TPSA) is 96.9 Å². The highest BCUT2D eigenvalue weighted by atomic mass is 32.2. The zero-order chi connectivity index (χ0) is 22.2. The molecule has 0 unspecified atom stereocenters. The third-order valence-electron chi connectivity index (χ3n) is 5.76. The number of anilines is 1. The van der Waals surface area contributed by atoms with Crippen molar-refractivity contribution >= 4 is 28.5 Å². The van der Waals surface area contributed by atoms with Gasteiger partial charge in [0, 0.05) is 42.5 Å². The minimum Gasteiger partial charge on any atom is -0.453 e. The molecule has 0 radical (unpaired) electrons. The average molecular weight is 455 g/mol. The van der Waals surface area contributed by atoms with Gasteiger partial charge in [-0.2, -0.15) is 0 Å². The van der Waals surface area contributed by atoms with E-state index in [1.54, 1.807) is 0 Å². The second kappa shape index (κ2) is 8.38. The third-order valence-corrected chi connectivity index (χ3v) is 6.57. The van der Waals surface area contributed by atoms with Crippen LogP contribution in [0.1, 0.15) is 17.0 Å². The van der Waals surface area contributed by atoms with Crippen LogP contribution in [-0.4, -0.2) is 31.4 Å². The van der Waals surface area contributed by atoms with Crippen molar-refractivity contribution in [1.29, 1.82) is 0 Å². The van der Waals surface area contributed by atoms with Crippen molar-refractivity contribution in [3.05, 3.63) is 83.9 Å². The van der Waals surface area contributed by atoms with E-state index in [-0.39, 0.29) is 0 Å². The minimum atomic E-state index is 0.740. The molecule has 2 aromatic carbocycles. The molecule has 7 nitrogen and oxygen atoms in total. The summed E-state index contributed by atoms with van der Waals surface area (Å²) in [6, 6.07) is 19.7. The fraction of sp³-hybridized carbons (Fsp3) is 0.160. The maximum absolute atomic E-state index is 6.08. The van der Waals surface area contributed by atoms with Gasteiger partial charge in [0.05, 0.1) is 23.3 Å². The summed E-state index contributed by atoms with van der Waals surface area (Å²) >= 11 is 1.51. The van der Waals surface area contributed by atoms with Crippen LogP contribution in [0.25, 0.3) is 22.4 Å². The second-order valence-electron chi connectivity index (χ2n) is 8.13. The predicted molar refractivity (Wildman–Crippen MR) is 129 cm³/mol. The van der Waals surface area contributed by atoms with Gasteiger partial charge in [-0.05, 0) is 60.3 Å². The lowest BCUT2D eigenvalue weighted by Gasteiger charge is -2.27. The van der Waals surface area contributed by atoms with Gasteiger partial charge in [0.1, 0.15) is 5.76 Å². The first-order chi connectivity index (χ1) is 16.2. The number of nitrogens with zero attached hydrogens (tertiary/aromatic N) is 4. The Morgan fingerprint density at radius 1 is 1.03 bits per heavy atom. The smallest absolute Gasteiger partial charge is 0.174 e. The van der Waals surface area contributed by atoms with Crippen molar-refractivity contribution in [3.8, 4) is 11.4 Å². The lowest BCUT2D eigenvalue weighted by molar-refractivity contribution is 0.218. The van der Waals surface area contributed by atoms with E-state index in [2.05, 4.69) is 19.9 Å². The molecule has 33 heavy (non-hydrogen) atoms. The largest absolute Gasteiger partial charge is 0.453 e. The third kappa shape index (κ3) is 4.22. The monoisotopic (exact) mass is 454 g/mol. The molecule has 3 aromatic heterocycles. The van der Waals surface area contributed by atoms with Crippen molar-refractivity contribution in [2.24, 2.45) is 0 Å². The number of benzene rings is 2. The number of para-hydroxylation sites is 2. The van der Waals surface area contributed by atoms with Crippen LogP contribution in [0.2, 0.25) is 0 Å². The maximum atomic E-state index is 6.08. The second-order valence-corrected chi connectivity index (χ2v) is 9.12. The molecular formula is C25H22N6OS. The molecule has 3 N–H and O–H groups in total. The Kier molecular flexibility index (Phi) is 5.09. The molecule has 1 aliphatic rings. The summed E-state index contributed by atoms with van der Waals surface area (Å²) in [5.74, 6) is 1.69. The van der Waals surface area contributed by atoms with Crippen molar-refractivity contribution in [2.45, 2.75) is 29.8 Å². The molecule has 0 fully saturated rings. The van der Waals surface area contributed by atoms with Crippen LogP contribution in [0.3, 0.4) is 0 Å². The number of imidazole rings is 1. The van der Waals surface area contributed by atoms with Gasteiger partial charge in [-0.25, -0.2) is 15.0 Å². The number of H-pyrrole nitrogens is 1. The number of aromatic amines is 1. The summed E-state index contributed by atoms with van der Waals surface area (Å²) in [4.78, 5) is 19.7. The first kappa shape index (κ1) is 20.0. The highest BCUT2D eigenvalue weighted by molar-refractivity contribution is 7.99. The Labute approximate surface area is 195 Å². The molecule has 0 spiro atoms. The van der Waals surface area contributed by atoms with Crippen LogP contribution in [0, 0.1) is 0 Å². The van der Waals surface area contributed by atoms with Gasteiger partial charge in [0.25, 0.3) is 0 Å². The number of furan rings is 1. The zero-order valence-electron chi connectivity index (χ0n) is 17.9. The number of nitrogens with two attached hydrogens (primary N) is 1. The van der Waals surface area contributed by atoms with Crippen molar-refractivity contribution in [1.82, 2.24) is 24.8 Å². The Balaban J connectivity index is 1.12. The van der Waals surface area contributed by atoms with Gasteiger partial charge in [0.2, 0.25) is 0 Å². The molecule has 8 heteroatoms. The van der Waals surface area contributed by atoms with Gasteiger partial charge in [-0.15, -0.1) is 0 Å². The van der Waals surface area contributed by atoms with Crippen LogP contribution in [-0.2, 0) is 19.5 Å². The highest BCUT2D eigenvalue weighted by Gasteiger charge is 2.20. The van der Waals surface area contributed by atoms with Crippen molar-refractivity contribution in [3.63, 3.8) is 0 Å². The Morgan fingerprint density at radius 3 is 2.79 bits per heavy atom. The quantitative estimate of drug-likeness (QED) is 0.364. The molecule has 6 rings (SSSR count). The molecule has 0 aliphatic carbocycles. The van der Waals surface area contributed by atoms with Crippen LogP contribution in [0.15, 0.2) is 81.5 Å². The number of aromatic nitrogens is 4. The summed E-state index contributed by atoms with van der Waals surface area (Å²) in [7, 11) is 0. The maximum Gasteiger partial charge on any atom is 0.174 e. The zero-order valence-corrected chi connectivity index (χ0v) is 18.7. The standard InChI is InChI=1S/C25H22N6OS/c26-18-7-5-16(6-8-18)24-27-13-17-14-31(12-11-20(17)28-24)15-19-9-10-23(32-19)33-25-29-21-3-1-2-4-22(21)30-25/h1-10,13H,11-12,14-15,26H2,(H,29,30). The number of hydrogen-bond acceptors (Lipinski definition) is 7. The van der Waals surface area contributed by atoms with E-state index in [0.717, 1.165) is 75.9 Å². The number of fused-ring (bicyclic) bond motifs is 2. The summed E-state index contributed by atoms with van der Waals surface area (Å²) in [6.45, 7) is 2.49. The normalized spacial score (nSPS) is 13.9. The first-order valence-electron chi connectivity index (χ1n) is 10.8. The van der Waals surface area contributed by atoms with E-state index in [4.69, 9.17) is 15.1 Å². The van der Waals surface area contributed by atoms with E-state index in [1.165, 1.54) is 17.3 Å². The van der Waals surface area contributed by atoms with Crippen molar-refractivity contribution in [2.75, 3.05) is 12.3 Å². The fourth-order valence-corrected chi connectivity index (χ4v) is 4.85. The summed E-state index contributed by atoms with van der Waals surface area (Å²) in [6.07, 6.45) is 2.84. The van der Waals surface area contributed by atoms with Gasteiger partial charge < -0.3 is 15.1 Å². The van der Waals surface area contributed by atoms with E-state index in [9.17, 15) is 0 Å². The number of nitrogens with one attached hydrogen (secondary N) is 1. The van der Waals surface area contributed by atoms with Crippen molar-refractivity contribution < 1.29 is 4.42 Å². The Bertz CT molecular complexity index is 1390. The van der Waals surface area contributed by atoms with E-state index in [0.29, 0.717) is 0 Å². The average Bonchev–Trinajstić information content (AvgIpc) is 3.45. The molecule has 0 bridgehead atoms. The van der Waals surface area contributed by atoms with Crippen LogP contribution < -0.4 is 5.73 Å². The predicted octanol–water partition coefficient (Wildman–Crippen LogP) is 4.90. The first-order valence-corrected chi connectivity index (χ1v) is 11.7. The van der Waals surface area contributed by atoms with Gasteiger partial charge in [-0.1, -0.05) is 12.1 Å². The molecule has 4 heterocycles. The van der Waals surface area contributed by atoms with E-state index in [1.807, 2.05) is 66.9 Å². The Hall–Kier alpha value is -3.62. The minimum absolute atomic E-state index is 0.740. The van der Waals surface area contributed by atoms with Crippen LogP contribution in [0.4, 0.5) is 5.69 Å². The van der Waals surface area contributed by atoms with Gasteiger partial charge in [-0.3, -0.25) is 4.90 Å². The molecule has 0 atom stereocenters. The lowest BCUT2D eigenvalue weighted by Crippen LogP contribution is -2.30. The van der Waals surface area contributed by atoms with Crippen LogP contribution in [0.5, 0.6) is 0 Å². The number of rotatable bonds is 5.